The van der Waals surface area contributed by atoms with E-state index in [1.807, 2.05) is 0 Å². The van der Waals surface area contributed by atoms with Crippen LogP contribution in [0.2, 0.25) is 0 Å². The molecule has 18 heavy (non-hydrogen) atoms. The molecule has 0 amide bonds. The molecule has 0 saturated carbocycles. The second kappa shape index (κ2) is 4.61. The maximum Gasteiger partial charge on any atom is 0.193 e. The number of hydrogen-bond acceptors (Lipinski definition) is 2. The molecule has 2 nitrogen and oxygen atoms in total. The van der Waals surface area contributed by atoms with E-state index in [1.165, 1.54) is 0 Å². The molecule has 3 heteroatoms. The fourth-order valence-electron chi connectivity index (χ4n) is 1.92. The van der Waals surface area contributed by atoms with Crippen LogP contribution in [0.5, 0.6) is 0 Å². The molecule has 0 fully saturated rings. The number of nitrogens with two attached hydrogens (primary N) is 1. The molecule has 0 heterocycles. The van der Waals surface area contributed by atoms with Crippen molar-refractivity contribution in [1.82, 2.24) is 0 Å². The van der Waals surface area contributed by atoms with E-state index in [0.717, 1.165) is 0 Å². The van der Waals surface area contributed by atoms with E-state index in [9.17, 15) is 9.18 Å². The van der Waals surface area contributed by atoms with Crippen LogP contribution in [0, 0.1) is 19.7 Å². The molecule has 0 radical (unpaired) electrons. The zero-order valence-electron chi connectivity index (χ0n) is 10.3. The van der Waals surface area contributed by atoms with Gasteiger partial charge in [0, 0.05) is 16.8 Å². The van der Waals surface area contributed by atoms with E-state index in [4.69, 9.17) is 5.73 Å². The number of carbonyl (C=O) groups is 1. The Bertz CT molecular complexity index is 597. The number of benzene rings is 2. The lowest BCUT2D eigenvalue weighted by Gasteiger charge is -2.06. The Kier molecular flexibility index (Phi) is 3.15. The fraction of sp³-hybridized carbons (Fsp3) is 0.133. The summed E-state index contributed by atoms with van der Waals surface area (Å²) in [5.74, 6) is -0.410. The van der Waals surface area contributed by atoms with E-state index >= 15 is 0 Å². The molecule has 0 spiro atoms. The second-order valence-electron chi connectivity index (χ2n) is 4.38. The number of carbonyl (C=O) groups excluding carboxylic acids is 1. The molecule has 0 aliphatic rings. The summed E-state index contributed by atoms with van der Waals surface area (Å²) in [5.41, 5.74) is 8.13. The third-order valence-electron chi connectivity index (χ3n) is 2.85. The van der Waals surface area contributed by atoms with Crippen LogP contribution in [0.3, 0.4) is 0 Å². The van der Waals surface area contributed by atoms with Gasteiger partial charge in [0.2, 0.25) is 0 Å². The Morgan fingerprint density at radius 2 is 1.67 bits per heavy atom. The normalized spacial score (nSPS) is 10.4. The summed E-state index contributed by atoms with van der Waals surface area (Å²) in [4.78, 5) is 12.2. The quantitative estimate of drug-likeness (QED) is 0.650. The van der Waals surface area contributed by atoms with Crippen molar-refractivity contribution in [2.75, 3.05) is 5.73 Å². The Morgan fingerprint density at radius 1 is 1.06 bits per heavy atom. The fourth-order valence-corrected chi connectivity index (χ4v) is 1.92. The van der Waals surface area contributed by atoms with Crippen molar-refractivity contribution in [2.45, 2.75) is 13.8 Å². The summed E-state index contributed by atoms with van der Waals surface area (Å²) >= 11 is 0. The molecule has 0 atom stereocenters. The Morgan fingerprint density at radius 3 is 2.22 bits per heavy atom. The van der Waals surface area contributed by atoms with Crippen molar-refractivity contribution in [3.05, 3.63) is 64.5 Å². The highest BCUT2D eigenvalue weighted by Crippen LogP contribution is 2.18. The number of halogens is 1. The highest BCUT2D eigenvalue weighted by atomic mass is 19.1. The average molecular weight is 243 g/mol. The SMILES string of the molecule is Cc1cc(C(=O)c2cccc(N)c2)cc(C)c1F. The van der Waals surface area contributed by atoms with Crippen LogP contribution in [-0.4, -0.2) is 5.78 Å². The van der Waals surface area contributed by atoms with E-state index in [-0.39, 0.29) is 11.6 Å². The van der Waals surface area contributed by atoms with Crippen LogP contribution >= 0.6 is 0 Å². The van der Waals surface area contributed by atoms with Gasteiger partial charge >= 0.3 is 0 Å². The number of aryl methyl sites for hydroxylation is 2. The van der Waals surface area contributed by atoms with Gasteiger partial charge in [-0.25, -0.2) is 4.39 Å². The summed E-state index contributed by atoms with van der Waals surface area (Å²) < 4.78 is 13.5. The standard InChI is InChI=1S/C15H14FNO/c1-9-6-12(7-10(2)14(9)16)15(18)11-4-3-5-13(17)8-11/h3-8H,17H2,1-2H3. The predicted molar refractivity (Wildman–Crippen MR) is 70.2 cm³/mol. The van der Waals surface area contributed by atoms with Crippen molar-refractivity contribution < 1.29 is 9.18 Å². The van der Waals surface area contributed by atoms with Crippen LogP contribution in [0.15, 0.2) is 36.4 Å². The first-order valence-electron chi connectivity index (χ1n) is 5.66. The van der Waals surface area contributed by atoms with Gasteiger partial charge in [0.15, 0.2) is 5.78 Å². The number of anilines is 1. The zero-order chi connectivity index (χ0) is 13.3. The summed E-state index contributed by atoms with van der Waals surface area (Å²) in [6, 6.07) is 9.90. The molecule has 92 valence electrons. The molecule has 0 aromatic heterocycles. The molecule has 2 N–H and O–H groups in total. The van der Waals surface area contributed by atoms with Crippen LogP contribution in [0.25, 0.3) is 0 Å². The molecule has 0 unspecified atom stereocenters. The van der Waals surface area contributed by atoms with Crippen LogP contribution in [-0.2, 0) is 0 Å². The Hall–Kier alpha value is -2.16. The largest absolute Gasteiger partial charge is 0.399 e. The Labute approximate surface area is 105 Å². The Balaban J connectivity index is 2.47. The molecule has 2 rings (SSSR count). The lowest BCUT2D eigenvalue weighted by Crippen LogP contribution is -2.04. The summed E-state index contributed by atoms with van der Waals surface area (Å²) in [6.45, 7) is 3.30. The third-order valence-corrected chi connectivity index (χ3v) is 2.85. The molecule has 2 aromatic carbocycles. The first-order valence-corrected chi connectivity index (χ1v) is 5.66. The summed E-state index contributed by atoms with van der Waals surface area (Å²) in [5, 5.41) is 0. The molecule has 0 saturated heterocycles. The molecular formula is C15H14FNO. The summed E-state index contributed by atoms with van der Waals surface area (Å²) in [7, 11) is 0. The van der Waals surface area contributed by atoms with E-state index in [0.29, 0.717) is 27.9 Å². The zero-order valence-corrected chi connectivity index (χ0v) is 10.3. The minimum Gasteiger partial charge on any atom is -0.399 e. The number of hydrogen-bond donors (Lipinski definition) is 1. The number of rotatable bonds is 2. The van der Waals surface area contributed by atoms with Gasteiger partial charge in [-0.05, 0) is 49.2 Å². The molecular weight excluding hydrogens is 229 g/mol. The van der Waals surface area contributed by atoms with E-state index < -0.39 is 0 Å². The summed E-state index contributed by atoms with van der Waals surface area (Å²) in [6.07, 6.45) is 0. The first-order chi connectivity index (χ1) is 8.49. The highest BCUT2D eigenvalue weighted by Gasteiger charge is 2.12. The molecule has 0 aliphatic heterocycles. The smallest absolute Gasteiger partial charge is 0.193 e. The second-order valence-corrected chi connectivity index (χ2v) is 4.38. The number of nitrogen functional groups attached to an aromatic ring is 1. The first kappa shape index (κ1) is 12.3. The monoisotopic (exact) mass is 243 g/mol. The molecule has 2 aromatic rings. The van der Waals surface area contributed by atoms with Gasteiger partial charge < -0.3 is 5.73 Å². The van der Waals surface area contributed by atoms with Gasteiger partial charge in [-0.15, -0.1) is 0 Å². The van der Waals surface area contributed by atoms with E-state index in [1.54, 1.807) is 50.2 Å². The van der Waals surface area contributed by atoms with E-state index in [2.05, 4.69) is 0 Å². The van der Waals surface area contributed by atoms with Gasteiger partial charge in [0.05, 0.1) is 0 Å². The van der Waals surface area contributed by atoms with Crippen molar-refractivity contribution in [2.24, 2.45) is 0 Å². The van der Waals surface area contributed by atoms with Crippen molar-refractivity contribution in [3.63, 3.8) is 0 Å². The topological polar surface area (TPSA) is 43.1 Å². The highest BCUT2D eigenvalue weighted by molar-refractivity contribution is 6.09. The van der Waals surface area contributed by atoms with Gasteiger partial charge in [0.1, 0.15) is 5.82 Å². The van der Waals surface area contributed by atoms with Gasteiger partial charge in [0.25, 0.3) is 0 Å². The van der Waals surface area contributed by atoms with Crippen LogP contribution in [0.1, 0.15) is 27.0 Å². The van der Waals surface area contributed by atoms with Crippen LogP contribution < -0.4 is 5.73 Å². The van der Waals surface area contributed by atoms with Crippen molar-refractivity contribution in [1.29, 1.82) is 0 Å². The molecule has 0 aliphatic carbocycles. The average Bonchev–Trinajstić information content (AvgIpc) is 2.34. The van der Waals surface area contributed by atoms with Gasteiger partial charge in [-0.1, -0.05) is 12.1 Å². The van der Waals surface area contributed by atoms with Gasteiger partial charge in [-0.3, -0.25) is 4.79 Å². The van der Waals surface area contributed by atoms with Crippen molar-refractivity contribution in [3.8, 4) is 0 Å². The van der Waals surface area contributed by atoms with Gasteiger partial charge in [-0.2, -0.15) is 0 Å². The predicted octanol–water partition coefficient (Wildman–Crippen LogP) is 3.26. The minimum atomic E-state index is -0.265. The lowest BCUT2D eigenvalue weighted by molar-refractivity contribution is 0.103. The maximum absolute atomic E-state index is 13.5. The molecule has 0 bridgehead atoms. The maximum atomic E-state index is 13.5. The van der Waals surface area contributed by atoms with Crippen LogP contribution in [0.4, 0.5) is 10.1 Å². The lowest BCUT2D eigenvalue weighted by atomic mass is 9.99. The minimum absolute atomic E-state index is 0.145. The number of ketones is 1. The van der Waals surface area contributed by atoms with Crippen molar-refractivity contribution >= 4 is 11.5 Å². The third kappa shape index (κ3) is 2.25.